The molecular weight excluding hydrogens is 268 g/mol. The van der Waals surface area contributed by atoms with Crippen LogP contribution in [0.2, 0.25) is 0 Å². The van der Waals surface area contributed by atoms with Gasteiger partial charge in [-0.25, -0.2) is 0 Å². The molecule has 0 unspecified atom stereocenters. The summed E-state index contributed by atoms with van der Waals surface area (Å²) in [5.41, 5.74) is 2.50. The fourth-order valence-corrected chi connectivity index (χ4v) is 1.87. The number of nitrogens with one attached hydrogen (secondary N) is 1. The van der Waals surface area contributed by atoms with Crippen LogP contribution in [-0.4, -0.2) is 18.1 Å². The van der Waals surface area contributed by atoms with Crippen LogP contribution in [0.15, 0.2) is 48.5 Å². The van der Waals surface area contributed by atoms with Crippen molar-refractivity contribution >= 4 is 5.69 Å². The van der Waals surface area contributed by atoms with E-state index in [-0.39, 0.29) is 5.69 Å². The highest BCUT2D eigenvalue weighted by atomic mass is 16.6. The normalized spacial score (nSPS) is 10.3. The number of hydrogen-bond donors (Lipinski definition) is 1. The van der Waals surface area contributed by atoms with Crippen molar-refractivity contribution in [3.63, 3.8) is 0 Å². The first kappa shape index (κ1) is 15.0. The molecule has 0 radical (unpaired) electrons. The fraction of sp³-hybridized carbons (Fsp3) is 0.250. The Balaban J connectivity index is 1.71. The molecule has 5 nitrogen and oxygen atoms in total. The van der Waals surface area contributed by atoms with E-state index in [1.807, 2.05) is 0 Å². The summed E-state index contributed by atoms with van der Waals surface area (Å²) in [6.07, 6.45) is 0. The zero-order valence-electron chi connectivity index (χ0n) is 11.9. The van der Waals surface area contributed by atoms with Crippen molar-refractivity contribution in [1.29, 1.82) is 0 Å². The second-order valence-electron chi connectivity index (χ2n) is 4.77. The molecule has 0 aromatic heterocycles. The molecule has 0 aliphatic carbocycles. The van der Waals surface area contributed by atoms with Gasteiger partial charge < -0.3 is 10.1 Å². The second-order valence-corrected chi connectivity index (χ2v) is 4.77. The van der Waals surface area contributed by atoms with Crippen LogP contribution in [0.4, 0.5) is 5.69 Å². The van der Waals surface area contributed by atoms with Crippen LogP contribution in [0.3, 0.4) is 0 Å². The Bertz CT molecular complexity index is 597. The Morgan fingerprint density at radius 3 is 2.67 bits per heavy atom. The van der Waals surface area contributed by atoms with E-state index in [0.717, 1.165) is 6.54 Å². The van der Waals surface area contributed by atoms with Gasteiger partial charge >= 0.3 is 0 Å². The van der Waals surface area contributed by atoms with Gasteiger partial charge in [-0.15, -0.1) is 0 Å². The molecule has 1 N–H and O–H groups in total. The largest absolute Gasteiger partial charge is 0.492 e. The topological polar surface area (TPSA) is 64.4 Å². The van der Waals surface area contributed by atoms with E-state index < -0.39 is 4.92 Å². The lowest BCUT2D eigenvalue weighted by atomic mass is 10.1. The predicted octanol–water partition coefficient (Wildman–Crippen LogP) is 3.07. The maximum absolute atomic E-state index is 10.6. The Kier molecular flexibility index (Phi) is 5.29. The predicted molar refractivity (Wildman–Crippen MR) is 81.5 cm³/mol. The van der Waals surface area contributed by atoms with Crippen molar-refractivity contribution in [3.8, 4) is 5.75 Å². The zero-order chi connectivity index (χ0) is 15.1. The van der Waals surface area contributed by atoms with E-state index in [0.29, 0.717) is 18.9 Å². The molecule has 2 aromatic carbocycles. The Labute approximate surface area is 123 Å². The summed E-state index contributed by atoms with van der Waals surface area (Å²) < 4.78 is 5.49. The summed E-state index contributed by atoms with van der Waals surface area (Å²) in [7, 11) is 0. The number of nitro groups is 1. The minimum Gasteiger partial charge on any atom is -0.492 e. The maximum atomic E-state index is 10.6. The van der Waals surface area contributed by atoms with Crippen molar-refractivity contribution in [1.82, 2.24) is 5.32 Å². The van der Waals surface area contributed by atoms with E-state index in [4.69, 9.17) is 4.74 Å². The summed E-state index contributed by atoms with van der Waals surface area (Å²) in [5, 5.41) is 13.9. The lowest BCUT2D eigenvalue weighted by molar-refractivity contribution is -0.384. The van der Waals surface area contributed by atoms with E-state index >= 15 is 0 Å². The molecule has 0 aliphatic rings. The third-order valence-corrected chi connectivity index (χ3v) is 3.03. The molecule has 110 valence electrons. The average molecular weight is 286 g/mol. The molecule has 21 heavy (non-hydrogen) atoms. The molecule has 2 aromatic rings. The summed E-state index contributed by atoms with van der Waals surface area (Å²) in [6, 6.07) is 14.5. The van der Waals surface area contributed by atoms with Gasteiger partial charge in [-0.05, 0) is 18.6 Å². The third-order valence-electron chi connectivity index (χ3n) is 3.03. The summed E-state index contributed by atoms with van der Waals surface area (Å²) in [4.78, 5) is 10.2. The minimum absolute atomic E-state index is 0.0418. The first-order valence-corrected chi connectivity index (χ1v) is 6.78. The quantitative estimate of drug-likeness (QED) is 0.482. The Hall–Kier alpha value is -2.40. The number of hydrogen-bond acceptors (Lipinski definition) is 4. The highest BCUT2D eigenvalue weighted by Gasteiger charge is 2.05. The van der Waals surface area contributed by atoms with Crippen LogP contribution in [-0.2, 0) is 6.54 Å². The molecule has 5 heteroatoms. The first-order valence-electron chi connectivity index (χ1n) is 6.78. The monoisotopic (exact) mass is 286 g/mol. The number of benzene rings is 2. The number of nitro benzene ring substituents is 1. The van der Waals surface area contributed by atoms with Crippen molar-refractivity contribution in [2.75, 3.05) is 13.2 Å². The average Bonchev–Trinajstić information content (AvgIpc) is 2.49. The third kappa shape index (κ3) is 4.89. The van der Waals surface area contributed by atoms with Gasteiger partial charge in [0.05, 0.1) is 11.0 Å². The maximum Gasteiger partial charge on any atom is 0.273 e. The fourth-order valence-electron chi connectivity index (χ4n) is 1.87. The van der Waals surface area contributed by atoms with Gasteiger partial charge in [0.2, 0.25) is 0 Å². The molecule has 0 saturated heterocycles. The summed E-state index contributed by atoms with van der Waals surface area (Å²) >= 11 is 0. The van der Waals surface area contributed by atoms with Gasteiger partial charge in [-0.3, -0.25) is 10.1 Å². The molecule has 0 spiro atoms. The Morgan fingerprint density at radius 2 is 1.95 bits per heavy atom. The van der Waals surface area contributed by atoms with Crippen LogP contribution >= 0.6 is 0 Å². The summed E-state index contributed by atoms with van der Waals surface area (Å²) in [6.45, 7) is 3.98. The van der Waals surface area contributed by atoms with Crippen LogP contribution < -0.4 is 10.1 Å². The van der Waals surface area contributed by atoms with Crippen molar-refractivity contribution in [2.45, 2.75) is 13.5 Å². The number of ether oxygens (including phenoxy) is 1. The second kappa shape index (κ2) is 7.40. The van der Waals surface area contributed by atoms with Gasteiger partial charge in [0.1, 0.15) is 12.4 Å². The van der Waals surface area contributed by atoms with E-state index in [2.05, 4.69) is 36.5 Å². The minimum atomic E-state index is -0.428. The zero-order valence-corrected chi connectivity index (χ0v) is 11.9. The van der Waals surface area contributed by atoms with Crippen molar-refractivity contribution in [3.05, 3.63) is 69.8 Å². The van der Waals surface area contributed by atoms with Crippen LogP contribution in [0.1, 0.15) is 11.1 Å². The van der Waals surface area contributed by atoms with E-state index in [1.54, 1.807) is 12.1 Å². The van der Waals surface area contributed by atoms with Gasteiger partial charge in [0, 0.05) is 19.2 Å². The van der Waals surface area contributed by atoms with E-state index in [1.165, 1.54) is 23.3 Å². The first-order chi connectivity index (χ1) is 10.1. The molecule has 0 fully saturated rings. The van der Waals surface area contributed by atoms with Crippen molar-refractivity contribution in [2.24, 2.45) is 0 Å². The molecule has 0 heterocycles. The van der Waals surface area contributed by atoms with Crippen LogP contribution in [0, 0.1) is 17.0 Å². The van der Waals surface area contributed by atoms with Gasteiger partial charge in [0.25, 0.3) is 5.69 Å². The van der Waals surface area contributed by atoms with E-state index in [9.17, 15) is 10.1 Å². The molecule has 0 aliphatic heterocycles. The SMILES string of the molecule is Cc1ccc(CNCCOc2cccc([N+](=O)[O-])c2)cc1. The summed E-state index contributed by atoms with van der Waals surface area (Å²) in [5.74, 6) is 0.515. The van der Waals surface area contributed by atoms with Crippen LogP contribution in [0.5, 0.6) is 5.75 Å². The number of aryl methyl sites for hydroxylation is 1. The Morgan fingerprint density at radius 1 is 1.19 bits per heavy atom. The molecule has 0 amide bonds. The lowest BCUT2D eigenvalue weighted by Crippen LogP contribution is -2.20. The molecule has 0 saturated carbocycles. The molecule has 0 bridgehead atoms. The molecule has 0 atom stereocenters. The number of non-ortho nitro benzene ring substituents is 1. The van der Waals surface area contributed by atoms with Gasteiger partial charge in [-0.2, -0.15) is 0 Å². The smallest absolute Gasteiger partial charge is 0.273 e. The highest BCUT2D eigenvalue weighted by Crippen LogP contribution is 2.18. The van der Waals surface area contributed by atoms with Crippen LogP contribution in [0.25, 0.3) is 0 Å². The number of nitrogens with zero attached hydrogens (tertiary/aromatic N) is 1. The highest BCUT2D eigenvalue weighted by molar-refractivity contribution is 5.37. The van der Waals surface area contributed by atoms with Crippen molar-refractivity contribution < 1.29 is 9.66 Å². The molecular formula is C16H18N2O3. The van der Waals surface area contributed by atoms with Gasteiger partial charge in [-0.1, -0.05) is 35.9 Å². The molecule has 2 rings (SSSR count). The standard InChI is InChI=1S/C16H18N2O3/c1-13-5-7-14(8-6-13)12-17-9-10-21-16-4-2-3-15(11-16)18(19)20/h2-8,11,17H,9-10,12H2,1H3. The number of rotatable bonds is 7. The van der Waals surface area contributed by atoms with Gasteiger partial charge in [0.15, 0.2) is 0 Å². The lowest BCUT2D eigenvalue weighted by Gasteiger charge is -2.08.